The molecule has 0 aliphatic heterocycles. The monoisotopic (exact) mass is 260 g/mol. The Morgan fingerprint density at radius 2 is 1.37 bits per heavy atom. The lowest BCUT2D eigenvalue weighted by Crippen LogP contribution is -2.47. The van der Waals surface area contributed by atoms with Crippen molar-refractivity contribution >= 4 is 6.29 Å². The summed E-state index contributed by atoms with van der Waals surface area (Å²) in [5.74, 6) is 6.08. The maximum Gasteiger partial charge on any atom is 0.123 e. The van der Waals surface area contributed by atoms with Gasteiger partial charge in [0.05, 0.1) is 0 Å². The number of carbonyl (C=O) groups excluding carboxylic acids is 1. The van der Waals surface area contributed by atoms with E-state index in [4.69, 9.17) is 0 Å². The summed E-state index contributed by atoms with van der Waals surface area (Å²) >= 11 is 0. The molecule has 0 radical (unpaired) electrons. The van der Waals surface area contributed by atoms with Crippen molar-refractivity contribution in [3.05, 3.63) is 0 Å². The Kier molecular flexibility index (Phi) is 3.20. The van der Waals surface area contributed by atoms with Crippen molar-refractivity contribution in [3.8, 4) is 0 Å². The van der Waals surface area contributed by atoms with Crippen molar-refractivity contribution in [2.75, 3.05) is 0 Å². The first-order valence-electron chi connectivity index (χ1n) is 8.84. The van der Waals surface area contributed by atoms with E-state index in [0.717, 1.165) is 35.5 Å². The normalized spacial score (nSPS) is 52.9. The first-order valence-corrected chi connectivity index (χ1v) is 8.84. The molecule has 0 aromatic carbocycles. The van der Waals surface area contributed by atoms with E-state index >= 15 is 0 Å². The molecule has 0 heterocycles. The largest absolute Gasteiger partial charge is 0.303 e. The second-order valence-corrected chi connectivity index (χ2v) is 7.91. The highest BCUT2D eigenvalue weighted by molar-refractivity contribution is 5.54. The first kappa shape index (κ1) is 12.4. The number of aldehydes is 1. The minimum atomic E-state index is 0.422. The van der Waals surface area contributed by atoms with Gasteiger partial charge in [-0.25, -0.2) is 0 Å². The molecule has 4 fully saturated rings. The molecular weight excluding hydrogens is 232 g/mol. The number of rotatable bonds is 1. The van der Waals surface area contributed by atoms with Crippen LogP contribution in [0.4, 0.5) is 0 Å². The Hall–Kier alpha value is -0.330. The van der Waals surface area contributed by atoms with Crippen LogP contribution in [0.1, 0.15) is 64.2 Å². The summed E-state index contributed by atoms with van der Waals surface area (Å²) < 4.78 is 0. The Bertz CT molecular complexity index is 350. The van der Waals surface area contributed by atoms with E-state index in [0.29, 0.717) is 5.92 Å². The van der Waals surface area contributed by atoms with Crippen molar-refractivity contribution in [2.24, 2.45) is 41.4 Å². The second-order valence-electron chi connectivity index (χ2n) is 7.91. The van der Waals surface area contributed by atoms with Crippen LogP contribution in [0, 0.1) is 41.4 Å². The highest BCUT2D eigenvalue weighted by atomic mass is 16.1. The standard InChI is InChI=1S/C18H28O/c19-11-13-10-18-14-7-3-4-12(14)8-9-17(18)16-6-2-1-5-15(13)16/h11-18H,1-10H2/t12-,13?,14+,15?,16+,17+,18-/m0/s1. The van der Waals surface area contributed by atoms with Crippen molar-refractivity contribution < 1.29 is 4.79 Å². The molecule has 1 heteroatoms. The maximum absolute atomic E-state index is 11.6. The molecule has 0 amide bonds. The number of fused-ring (bicyclic) bond motifs is 5. The summed E-state index contributed by atoms with van der Waals surface area (Å²) in [6.45, 7) is 0. The fraction of sp³-hybridized carbons (Fsp3) is 0.944. The second kappa shape index (κ2) is 4.90. The highest BCUT2D eigenvalue weighted by Crippen LogP contribution is 2.58. The predicted molar refractivity (Wildman–Crippen MR) is 76.7 cm³/mol. The van der Waals surface area contributed by atoms with Crippen LogP contribution in [0.3, 0.4) is 0 Å². The molecule has 4 aliphatic rings. The van der Waals surface area contributed by atoms with Crippen molar-refractivity contribution in [1.29, 1.82) is 0 Å². The Morgan fingerprint density at radius 1 is 0.632 bits per heavy atom. The van der Waals surface area contributed by atoms with Gasteiger partial charge < -0.3 is 4.79 Å². The number of hydrogen-bond acceptors (Lipinski definition) is 1. The van der Waals surface area contributed by atoms with Crippen LogP contribution in [-0.2, 0) is 4.79 Å². The molecule has 0 aromatic rings. The Labute approximate surface area is 117 Å². The van der Waals surface area contributed by atoms with Gasteiger partial charge in [0.15, 0.2) is 0 Å². The predicted octanol–water partition coefficient (Wildman–Crippen LogP) is 4.45. The van der Waals surface area contributed by atoms with Gasteiger partial charge in [-0.15, -0.1) is 0 Å². The van der Waals surface area contributed by atoms with E-state index < -0.39 is 0 Å². The summed E-state index contributed by atoms with van der Waals surface area (Å²) in [6.07, 6.45) is 15.7. The SMILES string of the molecule is O=CC1C[C@H]2[C@@H]3CCC[C@H]3CC[C@@H]2[C@@H]2CCCCC12. The van der Waals surface area contributed by atoms with E-state index in [1.165, 1.54) is 70.5 Å². The van der Waals surface area contributed by atoms with Gasteiger partial charge in [0, 0.05) is 5.92 Å². The molecule has 106 valence electrons. The molecule has 7 atom stereocenters. The van der Waals surface area contributed by atoms with Gasteiger partial charge in [-0.1, -0.05) is 25.7 Å². The topological polar surface area (TPSA) is 17.1 Å². The zero-order valence-electron chi connectivity index (χ0n) is 12.1. The zero-order valence-corrected chi connectivity index (χ0v) is 12.1. The maximum atomic E-state index is 11.6. The third-order valence-corrected chi connectivity index (χ3v) is 7.38. The highest BCUT2D eigenvalue weighted by Gasteiger charge is 2.51. The Balaban J connectivity index is 1.61. The summed E-state index contributed by atoms with van der Waals surface area (Å²) in [6, 6.07) is 0. The molecule has 0 saturated heterocycles. The molecule has 1 nitrogen and oxygen atoms in total. The number of carbonyl (C=O) groups is 1. The average Bonchev–Trinajstić information content (AvgIpc) is 2.95. The minimum Gasteiger partial charge on any atom is -0.303 e. The lowest BCUT2D eigenvalue weighted by Gasteiger charge is -2.53. The quantitative estimate of drug-likeness (QED) is 0.636. The van der Waals surface area contributed by atoms with Gasteiger partial charge in [0.25, 0.3) is 0 Å². The molecule has 0 bridgehead atoms. The third kappa shape index (κ3) is 1.91. The number of hydrogen-bond donors (Lipinski definition) is 0. The van der Waals surface area contributed by atoms with Gasteiger partial charge >= 0.3 is 0 Å². The third-order valence-electron chi connectivity index (χ3n) is 7.38. The van der Waals surface area contributed by atoms with Crippen LogP contribution in [0.5, 0.6) is 0 Å². The van der Waals surface area contributed by atoms with E-state index in [1.807, 2.05) is 0 Å². The molecule has 0 aromatic heterocycles. The molecular formula is C18H28O. The summed E-state index contributed by atoms with van der Waals surface area (Å²) in [5, 5.41) is 0. The molecule has 4 rings (SSSR count). The van der Waals surface area contributed by atoms with Crippen LogP contribution in [-0.4, -0.2) is 6.29 Å². The van der Waals surface area contributed by atoms with Gasteiger partial charge in [-0.2, -0.15) is 0 Å². The lowest BCUT2D eigenvalue weighted by molar-refractivity contribution is -0.121. The molecule has 0 spiro atoms. The fourth-order valence-corrected chi connectivity index (χ4v) is 6.70. The van der Waals surface area contributed by atoms with Crippen molar-refractivity contribution in [2.45, 2.75) is 64.2 Å². The molecule has 0 N–H and O–H groups in total. The van der Waals surface area contributed by atoms with Crippen molar-refractivity contribution in [3.63, 3.8) is 0 Å². The zero-order chi connectivity index (χ0) is 12.8. The van der Waals surface area contributed by atoms with Crippen LogP contribution in [0.25, 0.3) is 0 Å². The average molecular weight is 260 g/mol. The fourth-order valence-electron chi connectivity index (χ4n) is 6.70. The van der Waals surface area contributed by atoms with Gasteiger partial charge in [0.2, 0.25) is 0 Å². The van der Waals surface area contributed by atoms with Gasteiger partial charge in [0.1, 0.15) is 6.29 Å². The van der Waals surface area contributed by atoms with Crippen molar-refractivity contribution in [1.82, 2.24) is 0 Å². The van der Waals surface area contributed by atoms with Gasteiger partial charge in [-0.05, 0) is 74.0 Å². The molecule has 19 heavy (non-hydrogen) atoms. The Morgan fingerprint density at radius 3 is 2.21 bits per heavy atom. The van der Waals surface area contributed by atoms with E-state index in [1.54, 1.807) is 0 Å². The molecule has 4 saturated carbocycles. The smallest absolute Gasteiger partial charge is 0.123 e. The van der Waals surface area contributed by atoms with E-state index in [2.05, 4.69) is 0 Å². The summed E-state index contributed by atoms with van der Waals surface area (Å²) in [5.41, 5.74) is 0. The summed E-state index contributed by atoms with van der Waals surface area (Å²) in [7, 11) is 0. The lowest BCUT2D eigenvalue weighted by atomic mass is 9.51. The van der Waals surface area contributed by atoms with E-state index in [-0.39, 0.29) is 0 Å². The van der Waals surface area contributed by atoms with Gasteiger partial charge in [-0.3, -0.25) is 0 Å². The molecule has 2 unspecified atom stereocenters. The van der Waals surface area contributed by atoms with Crippen LogP contribution >= 0.6 is 0 Å². The van der Waals surface area contributed by atoms with Crippen LogP contribution in [0.2, 0.25) is 0 Å². The van der Waals surface area contributed by atoms with Crippen LogP contribution in [0.15, 0.2) is 0 Å². The van der Waals surface area contributed by atoms with Crippen LogP contribution < -0.4 is 0 Å². The van der Waals surface area contributed by atoms with E-state index in [9.17, 15) is 4.79 Å². The summed E-state index contributed by atoms with van der Waals surface area (Å²) in [4.78, 5) is 11.6. The minimum absolute atomic E-state index is 0.422. The first-order chi connectivity index (χ1) is 9.38. The molecule has 4 aliphatic carbocycles.